The largest absolute Gasteiger partial charge is 0.487 e. The van der Waals surface area contributed by atoms with Gasteiger partial charge in [0.2, 0.25) is 0 Å². The Kier molecular flexibility index (Phi) is 4.81. The molecular formula is C14H10Cl2FNOS. The molecule has 2 aromatic carbocycles. The highest BCUT2D eigenvalue weighted by atomic mass is 35.5. The maximum Gasteiger partial charge on any atom is 0.138 e. The Bertz CT molecular complexity index is 643. The van der Waals surface area contributed by atoms with Crippen molar-refractivity contribution in [2.24, 2.45) is 5.73 Å². The summed E-state index contributed by atoms with van der Waals surface area (Å²) in [5.41, 5.74) is 6.42. The van der Waals surface area contributed by atoms with Crippen LogP contribution in [-0.4, -0.2) is 4.99 Å². The molecule has 20 heavy (non-hydrogen) atoms. The number of hydrogen-bond donors (Lipinski definition) is 1. The lowest BCUT2D eigenvalue weighted by Crippen LogP contribution is -2.09. The Morgan fingerprint density at radius 2 is 1.95 bits per heavy atom. The molecule has 0 aliphatic heterocycles. The Hall–Kier alpha value is -1.36. The van der Waals surface area contributed by atoms with Crippen molar-refractivity contribution in [3.63, 3.8) is 0 Å². The lowest BCUT2D eigenvalue weighted by molar-refractivity contribution is 0.300. The predicted octanol–water partition coefficient (Wildman–Crippen LogP) is 4.35. The second kappa shape index (κ2) is 6.39. The van der Waals surface area contributed by atoms with Crippen LogP contribution in [0.4, 0.5) is 4.39 Å². The molecule has 0 heterocycles. The maximum absolute atomic E-state index is 13.6. The van der Waals surface area contributed by atoms with E-state index < -0.39 is 5.82 Å². The Labute approximate surface area is 131 Å². The summed E-state index contributed by atoms with van der Waals surface area (Å²) >= 11 is 16.8. The maximum atomic E-state index is 13.6. The molecule has 2 rings (SSSR count). The van der Waals surface area contributed by atoms with Crippen molar-refractivity contribution in [1.29, 1.82) is 0 Å². The van der Waals surface area contributed by atoms with Crippen molar-refractivity contribution in [2.75, 3.05) is 0 Å². The first-order valence-corrected chi connectivity index (χ1v) is 6.80. The molecule has 0 fully saturated rings. The summed E-state index contributed by atoms with van der Waals surface area (Å²) < 4.78 is 19.1. The third-order valence-electron chi connectivity index (χ3n) is 2.65. The van der Waals surface area contributed by atoms with Gasteiger partial charge in [0.05, 0.1) is 10.0 Å². The second-order valence-corrected chi connectivity index (χ2v) is 5.25. The third-order valence-corrected chi connectivity index (χ3v) is 3.54. The standard InChI is InChI=1S/C14H10Cl2FNOS/c15-10-2-1-3-12(17)9(10)7-19-13-5-4-8(14(18)20)6-11(13)16/h1-6H,7H2,(H2,18,20). The molecule has 0 spiro atoms. The number of halogens is 3. The van der Waals surface area contributed by atoms with Crippen LogP contribution in [0.15, 0.2) is 36.4 Å². The lowest BCUT2D eigenvalue weighted by atomic mass is 10.2. The van der Waals surface area contributed by atoms with Crippen molar-refractivity contribution in [3.8, 4) is 5.75 Å². The van der Waals surface area contributed by atoms with E-state index in [1.165, 1.54) is 12.1 Å². The molecule has 2 aromatic rings. The normalized spacial score (nSPS) is 10.3. The van der Waals surface area contributed by atoms with Gasteiger partial charge < -0.3 is 10.5 Å². The fraction of sp³-hybridized carbons (Fsp3) is 0.0714. The molecule has 0 unspecified atom stereocenters. The SMILES string of the molecule is NC(=S)c1ccc(OCc2c(F)cccc2Cl)c(Cl)c1. The highest BCUT2D eigenvalue weighted by Crippen LogP contribution is 2.28. The zero-order valence-corrected chi connectivity index (χ0v) is 12.5. The van der Waals surface area contributed by atoms with Crippen molar-refractivity contribution in [2.45, 2.75) is 6.61 Å². The van der Waals surface area contributed by atoms with E-state index in [0.29, 0.717) is 21.4 Å². The topological polar surface area (TPSA) is 35.2 Å². The summed E-state index contributed by atoms with van der Waals surface area (Å²) in [7, 11) is 0. The highest BCUT2D eigenvalue weighted by Gasteiger charge is 2.10. The molecule has 0 amide bonds. The summed E-state index contributed by atoms with van der Waals surface area (Å²) in [6.45, 7) is -0.0162. The second-order valence-electron chi connectivity index (χ2n) is 4.00. The molecule has 0 bridgehead atoms. The molecule has 0 aromatic heterocycles. The van der Waals surface area contributed by atoms with Crippen molar-refractivity contribution in [3.05, 3.63) is 63.4 Å². The molecule has 0 atom stereocenters. The highest BCUT2D eigenvalue weighted by molar-refractivity contribution is 7.80. The van der Waals surface area contributed by atoms with Gasteiger partial charge in [-0.05, 0) is 30.3 Å². The average molecular weight is 330 g/mol. The monoisotopic (exact) mass is 329 g/mol. The number of nitrogens with two attached hydrogens (primary N) is 1. The number of thiocarbonyl (C=S) groups is 1. The molecule has 0 aliphatic carbocycles. The van der Waals surface area contributed by atoms with Crippen LogP contribution in [0.2, 0.25) is 10.0 Å². The molecular weight excluding hydrogens is 320 g/mol. The fourth-order valence-corrected chi connectivity index (χ4v) is 2.17. The first kappa shape index (κ1) is 15.0. The number of ether oxygens (including phenoxy) is 1. The van der Waals surface area contributed by atoms with Crippen LogP contribution in [0.25, 0.3) is 0 Å². The number of benzene rings is 2. The van der Waals surface area contributed by atoms with E-state index in [1.54, 1.807) is 24.3 Å². The lowest BCUT2D eigenvalue weighted by Gasteiger charge is -2.11. The summed E-state index contributed by atoms with van der Waals surface area (Å²) in [6.07, 6.45) is 0. The minimum Gasteiger partial charge on any atom is -0.487 e. The van der Waals surface area contributed by atoms with Gasteiger partial charge in [-0.1, -0.05) is 41.5 Å². The first-order valence-electron chi connectivity index (χ1n) is 5.64. The molecule has 2 N–H and O–H groups in total. The van der Waals surface area contributed by atoms with E-state index in [2.05, 4.69) is 0 Å². The van der Waals surface area contributed by atoms with Crippen molar-refractivity contribution >= 4 is 40.4 Å². The molecule has 6 heteroatoms. The smallest absolute Gasteiger partial charge is 0.138 e. The summed E-state index contributed by atoms with van der Waals surface area (Å²) in [4.78, 5) is 0.246. The number of hydrogen-bond acceptors (Lipinski definition) is 2. The van der Waals surface area contributed by atoms with Crippen LogP contribution in [-0.2, 0) is 6.61 Å². The van der Waals surface area contributed by atoms with Gasteiger partial charge in [-0.15, -0.1) is 0 Å². The van der Waals surface area contributed by atoms with Crippen molar-refractivity contribution in [1.82, 2.24) is 0 Å². The van der Waals surface area contributed by atoms with E-state index >= 15 is 0 Å². The van der Waals surface area contributed by atoms with E-state index in [1.807, 2.05) is 0 Å². The fourth-order valence-electron chi connectivity index (χ4n) is 1.59. The zero-order chi connectivity index (χ0) is 14.7. The zero-order valence-electron chi connectivity index (χ0n) is 10.2. The van der Waals surface area contributed by atoms with Crippen LogP contribution < -0.4 is 10.5 Å². The molecule has 0 aliphatic rings. The van der Waals surface area contributed by atoms with Gasteiger partial charge in [-0.3, -0.25) is 0 Å². The van der Waals surface area contributed by atoms with Crippen LogP contribution in [0.1, 0.15) is 11.1 Å². The van der Waals surface area contributed by atoms with E-state index in [0.717, 1.165) is 0 Å². The van der Waals surface area contributed by atoms with Crippen LogP contribution in [0.5, 0.6) is 5.75 Å². The Balaban J connectivity index is 2.17. The van der Waals surface area contributed by atoms with E-state index in [-0.39, 0.29) is 17.2 Å². The molecule has 104 valence electrons. The predicted molar refractivity (Wildman–Crippen MR) is 83.1 cm³/mol. The first-order chi connectivity index (χ1) is 9.49. The molecule has 0 saturated carbocycles. The van der Waals surface area contributed by atoms with Gasteiger partial charge in [0, 0.05) is 11.1 Å². The van der Waals surface area contributed by atoms with Crippen LogP contribution in [0, 0.1) is 5.82 Å². The summed E-state index contributed by atoms with van der Waals surface area (Å²) in [6, 6.07) is 9.37. The average Bonchev–Trinajstić information content (AvgIpc) is 2.39. The van der Waals surface area contributed by atoms with Gasteiger partial charge >= 0.3 is 0 Å². The van der Waals surface area contributed by atoms with Gasteiger partial charge in [-0.2, -0.15) is 0 Å². The quantitative estimate of drug-likeness (QED) is 0.847. The van der Waals surface area contributed by atoms with Gasteiger partial charge in [-0.25, -0.2) is 4.39 Å². The van der Waals surface area contributed by atoms with Gasteiger partial charge in [0.25, 0.3) is 0 Å². The minimum atomic E-state index is -0.423. The van der Waals surface area contributed by atoms with Gasteiger partial charge in [0.1, 0.15) is 23.2 Å². The Morgan fingerprint density at radius 1 is 1.20 bits per heavy atom. The number of rotatable bonds is 4. The van der Waals surface area contributed by atoms with E-state index in [4.69, 9.17) is 45.9 Å². The van der Waals surface area contributed by atoms with E-state index in [9.17, 15) is 4.39 Å². The summed E-state index contributed by atoms with van der Waals surface area (Å²) in [5, 5.41) is 0.656. The molecule has 2 nitrogen and oxygen atoms in total. The third kappa shape index (κ3) is 3.39. The van der Waals surface area contributed by atoms with Crippen LogP contribution >= 0.6 is 35.4 Å². The summed E-state index contributed by atoms with van der Waals surface area (Å²) in [5.74, 6) is -0.0145. The molecule has 0 saturated heterocycles. The minimum absolute atomic E-state index is 0.0162. The van der Waals surface area contributed by atoms with Crippen molar-refractivity contribution < 1.29 is 9.13 Å². The van der Waals surface area contributed by atoms with Gasteiger partial charge in [0.15, 0.2) is 0 Å². The molecule has 0 radical (unpaired) electrons. The Morgan fingerprint density at radius 3 is 2.55 bits per heavy atom. The van der Waals surface area contributed by atoms with Crippen LogP contribution in [0.3, 0.4) is 0 Å².